The number of benzene rings is 2. The molecule has 1 fully saturated rings. The van der Waals surface area contributed by atoms with E-state index in [-0.39, 0.29) is 24.3 Å². The third kappa shape index (κ3) is 6.36. The zero-order valence-electron chi connectivity index (χ0n) is 16.5. The predicted molar refractivity (Wildman–Crippen MR) is 100 cm³/mol. The first-order chi connectivity index (χ1) is 14.9. The van der Waals surface area contributed by atoms with Crippen molar-refractivity contribution in [1.82, 2.24) is 4.90 Å². The lowest BCUT2D eigenvalue weighted by atomic mass is 10.1. The van der Waals surface area contributed by atoms with Crippen molar-refractivity contribution in [2.75, 3.05) is 26.2 Å². The first kappa shape index (κ1) is 23.9. The van der Waals surface area contributed by atoms with Crippen molar-refractivity contribution in [2.45, 2.75) is 24.9 Å². The molecule has 3 rings (SSSR count). The molecule has 32 heavy (non-hydrogen) atoms. The Kier molecular flexibility index (Phi) is 6.99. The van der Waals surface area contributed by atoms with Crippen LogP contribution in [0, 0.1) is 0 Å². The van der Waals surface area contributed by atoms with Gasteiger partial charge in [-0.05, 0) is 35.9 Å². The van der Waals surface area contributed by atoms with Crippen molar-refractivity contribution in [2.24, 2.45) is 0 Å². The zero-order chi connectivity index (χ0) is 23.5. The third-order valence-electron chi connectivity index (χ3n) is 4.84. The summed E-state index contributed by atoms with van der Waals surface area (Å²) in [5.74, 6) is -1.44. The Bertz CT molecular complexity index is 911. The van der Waals surface area contributed by atoms with Gasteiger partial charge in [0.05, 0.1) is 30.3 Å². The molecule has 1 heterocycles. The van der Waals surface area contributed by atoms with Gasteiger partial charge in [0.25, 0.3) is 0 Å². The van der Waals surface area contributed by atoms with Gasteiger partial charge >= 0.3 is 18.3 Å². The minimum Gasteiger partial charge on any atom is -0.481 e. The number of hydrogen-bond acceptors (Lipinski definition) is 4. The van der Waals surface area contributed by atoms with Gasteiger partial charge in [0.15, 0.2) is 0 Å². The van der Waals surface area contributed by atoms with Crippen LogP contribution in [0.3, 0.4) is 0 Å². The topological polar surface area (TPSA) is 59.0 Å². The Morgan fingerprint density at radius 3 is 2.12 bits per heavy atom. The number of rotatable bonds is 6. The molecule has 1 atom stereocenters. The maximum absolute atomic E-state index is 13.0. The van der Waals surface area contributed by atoms with Gasteiger partial charge in [-0.15, -0.1) is 0 Å². The molecule has 0 radical (unpaired) electrons. The standard InChI is InChI=1S/C21H19F6NO4/c22-20(23,24)14-9-15(21(25,26)27)11-17(10-14)32-16-3-1-13(2-4-16)18-12-28(7-8-31-18)6-5-19(29)30/h1-4,9-11,18H,5-8,12H2,(H,29,30). The van der Waals surface area contributed by atoms with E-state index in [0.717, 1.165) is 5.56 Å². The van der Waals surface area contributed by atoms with Crippen LogP contribution in [-0.2, 0) is 21.9 Å². The van der Waals surface area contributed by atoms with Gasteiger partial charge in [-0.3, -0.25) is 9.69 Å². The fraction of sp³-hybridized carbons (Fsp3) is 0.381. The summed E-state index contributed by atoms with van der Waals surface area (Å²) in [5.41, 5.74) is -2.20. The number of ether oxygens (including phenoxy) is 2. The SMILES string of the molecule is O=C(O)CCN1CCOC(c2ccc(Oc3cc(C(F)(F)F)cc(C(F)(F)F)c3)cc2)C1. The maximum Gasteiger partial charge on any atom is 0.416 e. The Labute approximate surface area is 179 Å². The van der Waals surface area contributed by atoms with Crippen LogP contribution >= 0.6 is 0 Å². The van der Waals surface area contributed by atoms with E-state index >= 15 is 0 Å². The summed E-state index contributed by atoms with van der Waals surface area (Å²) in [6, 6.07) is 7.08. The maximum atomic E-state index is 13.0. The Hall–Kier alpha value is -2.79. The Morgan fingerprint density at radius 2 is 1.59 bits per heavy atom. The highest BCUT2D eigenvalue weighted by molar-refractivity contribution is 5.66. The number of morpholine rings is 1. The van der Waals surface area contributed by atoms with Gasteiger partial charge in [-0.25, -0.2) is 0 Å². The molecule has 11 heteroatoms. The molecular weight excluding hydrogens is 444 g/mol. The fourth-order valence-corrected chi connectivity index (χ4v) is 3.23. The molecule has 0 spiro atoms. The van der Waals surface area contributed by atoms with E-state index in [9.17, 15) is 31.1 Å². The highest BCUT2D eigenvalue weighted by Gasteiger charge is 2.37. The van der Waals surface area contributed by atoms with Crippen molar-refractivity contribution in [3.8, 4) is 11.5 Å². The zero-order valence-corrected chi connectivity index (χ0v) is 16.5. The van der Waals surface area contributed by atoms with Crippen LogP contribution in [-0.4, -0.2) is 42.2 Å². The summed E-state index contributed by atoms with van der Waals surface area (Å²) in [4.78, 5) is 12.7. The lowest BCUT2D eigenvalue weighted by Crippen LogP contribution is -2.39. The van der Waals surface area contributed by atoms with E-state index in [2.05, 4.69) is 0 Å². The molecule has 1 aliphatic heterocycles. The van der Waals surface area contributed by atoms with E-state index in [1.807, 2.05) is 4.90 Å². The highest BCUT2D eigenvalue weighted by atomic mass is 19.4. The molecule has 0 aliphatic carbocycles. The van der Waals surface area contributed by atoms with Crippen LogP contribution in [0.25, 0.3) is 0 Å². The Balaban J connectivity index is 1.74. The first-order valence-electron chi connectivity index (χ1n) is 9.55. The second-order valence-corrected chi connectivity index (χ2v) is 7.22. The van der Waals surface area contributed by atoms with Gasteiger partial charge in [-0.2, -0.15) is 26.3 Å². The largest absolute Gasteiger partial charge is 0.481 e. The quantitative estimate of drug-likeness (QED) is 0.585. The van der Waals surface area contributed by atoms with Crippen LogP contribution < -0.4 is 4.74 Å². The van der Waals surface area contributed by atoms with Crippen molar-refractivity contribution in [1.29, 1.82) is 0 Å². The molecule has 1 N–H and O–H groups in total. The van der Waals surface area contributed by atoms with Gasteiger partial charge < -0.3 is 14.6 Å². The van der Waals surface area contributed by atoms with Crippen molar-refractivity contribution >= 4 is 5.97 Å². The minimum absolute atomic E-state index is 0.00357. The first-order valence-corrected chi connectivity index (χ1v) is 9.55. The summed E-state index contributed by atoms with van der Waals surface area (Å²) >= 11 is 0. The van der Waals surface area contributed by atoms with Crippen molar-refractivity contribution in [3.05, 3.63) is 59.2 Å². The van der Waals surface area contributed by atoms with Crippen molar-refractivity contribution < 1.29 is 45.7 Å². The molecule has 0 aromatic heterocycles. The van der Waals surface area contributed by atoms with Crippen LogP contribution in [0.15, 0.2) is 42.5 Å². The van der Waals surface area contributed by atoms with E-state index in [0.29, 0.717) is 38.4 Å². The number of carboxylic acids is 1. The van der Waals surface area contributed by atoms with E-state index in [1.165, 1.54) is 12.1 Å². The molecule has 1 aliphatic rings. The molecule has 0 bridgehead atoms. The molecular formula is C21H19F6NO4. The van der Waals surface area contributed by atoms with E-state index < -0.39 is 35.2 Å². The monoisotopic (exact) mass is 463 g/mol. The second kappa shape index (κ2) is 9.37. The van der Waals surface area contributed by atoms with Crippen LogP contribution in [0.2, 0.25) is 0 Å². The van der Waals surface area contributed by atoms with Crippen LogP contribution in [0.1, 0.15) is 29.2 Å². The summed E-state index contributed by atoms with van der Waals surface area (Å²) in [6.45, 7) is 1.80. The summed E-state index contributed by atoms with van der Waals surface area (Å²) < 4.78 is 88.9. The highest BCUT2D eigenvalue weighted by Crippen LogP contribution is 2.39. The molecule has 5 nitrogen and oxygen atoms in total. The predicted octanol–water partition coefficient (Wildman–Crippen LogP) is 5.36. The average molecular weight is 463 g/mol. The number of alkyl halides is 6. The molecule has 1 unspecified atom stereocenters. The summed E-state index contributed by atoms with van der Waals surface area (Å²) in [6.07, 6.45) is -10.3. The van der Waals surface area contributed by atoms with Gasteiger partial charge in [0, 0.05) is 19.6 Å². The summed E-state index contributed by atoms with van der Waals surface area (Å²) in [5, 5.41) is 8.81. The molecule has 2 aromatic rings. The van der Waals surface area contributed by atoms with Gasteiger partial charge in [0.1, 0.15) is 11.5 Å². The Morgan fingerprint density at radius 1 is 1.00 bits per heavy atom. The van der Waals surface area contributed by atoms with Crippen molar-refractivity contribution in [3.63, 3.8) is 0 Å². The number of halogens is 6. The lowest BCUT2D eigenvalue weighted by molar-refractivity contribution is -0.143. The molecule has 0 amide bonds. The average Bonchev–Trinajstić information content (AvgIpc) is 2.71. The lowest BCUT2D eigenvalue weighted by Gasteiger charge is -2.32. The molecule has 174 valence electrons. The number of nitrogens with zero attached hydrogens (tertiary/aromatic N) is 1. The minimum atomic E-state index is -4.96. The van der Waals surface area contributed by atoms with Crippen LogP contribution in [0.5, 0.6) is 11.5 Å². The second-order valence-electron chi connectivity index (χ2n) is 7.22. The number of aliphatic carboxylic acids is 1. The number of carbonyl (C=O) groups is 1. The molecule has 0 saturated carbocycles. The molecule has 2 aromatic carbocycles. The number of carboxylic acid groups (broad SMARTS) is 1. The van der Waals surface area contributed by atoms with Gasteiger partial charge in [-0.1, -0.05) is 12.1 Å². The van der Waals surface area contributed by atoms with E-state index in [4.69, 9.17) is 14.6 Å². The third-order valence-corrected chi connectivity index (χ3v) is 4.84. The van der Waals surface area contributed by atoms with Crippen LogP contribution in [0.4, 0.5) is 26.3 Å². The fourth-order valence-electron chi connectivity index (χ4n) is 3.23. The van der Waals surface area contributed by atoms with Gasteiger partial charge in [0.2, 0.25) is 0 Å². The normalized spacial score (nSPS) is 17.9. The smallest absolute Gasteiger partial charge is 0.416 e. The molecule has 1 saturated heterocycles. The summed E-state index contributed by atoms with van der Waals surface area (Å²) in [7, 11) is 0. The van der Waals surface area contributed by atoms with E-state index in [1.54, 1.807) is 12.1 Å². The number of hydrogen-bond donors (Lipinski definition) is 1.